The summed E-state index contributed by atoms with van der Waals surface area (Å²) in [7, 11) is 0. The number of nitrogens with zero attached hydrogens (tertiary/aromatic N) is 2. The molecule has 1 aromatic heterocycles. The third-order valence-electron chi connectivity index (χ3n) is 4.05. The standard InChI is InChI=1S/C16H22N2O2/c1-10-11-6-5-7-13(11)17-14-9-18(8-12(10)14)15(19)20-16(2,3)4/h5-9H2,1-4H3. The van der Waals surface area contributed by atoms with Gasteiger partial charge in [0.15, 0.2) is 0 Å². The summed E-state index contributed by atoms with van der Waals surface area (Å²) in [5.74, 6) is 0. The molecule has 0 unspecified atom stereocenters. The van der Waals surface area contributed by atoms with E-state index in [0.717, 1.165) is 18.5 Å². The molecule has 0 saturated carbocycles. The summed E-state index contributed by atoms with van der Waals surface area (Å²) in [4.78, 5) is 18.7. The second-order valence-electron chi connectivity index (χ2n) is 6.78. The highest BCUT2D eigenvalue weighted by Crippen LogP contribution is 2.32. The van der Waals surface area contributed by atoms with Crippen LogP contribution < -0.4 is 0 Å². The fourth-order valence-corrected chi connectivity index (χ4v) is 3.11. The zero-order valence-corrected chi connectivity index (χ0v) is 12.7. The molecule has 4 nitrogen and oxygen atoms in total. The predicted molar refractivity (Wildman–Crippen MR) is 76.5 cm³/mol. The molecule has 108 valence electrons. The SMILES string of the molecule is Cc1c2c(nc3c1CN(C(=O)OC(C)(C)C)C3)CCC2. The molecule has 0 atom stereocenters. The quantitative estimate of drug-likeness (QED) is 0.730. The molecule has 1 aromatic rings. The van der Waals surface area contributed by atoms with Crippen LogP contribution in [0.3, 0.4) is 0 Å². The van der Waals surface area contributed by atoms with Crippen LogP contribution in [-0.2, 0) is 30.7 Å². The van der Waals surface area contributed by atoms with E-state index in [2.05, 4.69) is 6.92 Å². The molecule has 4 heteroatoms. The van der Waals surface area contributed by atoms with Gasteiger partial charge in [0.05, 0.1) is 18.8 Å². The van der Waals surface area contributed by atoms with E-state index in [1.807, 2.05) is 20.8 Å². The van der Waals surface area contributed by atoms with E-state index >= 15 is 0 Å². The van der Waals surface area contributed by atoms with Crippen molar-refractivity contribution in [3.63, 3.8) is 0 Å². The fraction of sp³-hybridized carbons (Fsp3) is 0.625. The van der Waals surface area contributed by atoms with E-state index in [1.165, 1.54) is 28.8 Å². The van der Waals surface area contributed by atoms with Gasteiger partial charge in [-0.25, -0.2) is 4.79 Å². The molecule has 1 amide bonds. The third kappa shape index (κ3) is 2.28. The largest absolute Gasteiger partial charge is 0.444 e. The summed E-state index contributed by atoms with van der Waals surface area (Å²) in [6, 6.07) is 0. The molecule has 2 aliphatic rings. The Bertz CT molecular complexity index is 573. The van der Waals surface area contributed by atoms with Crippen LogP contribution in [0.15, 0.2) is 0 Å². The van der Waals surface area contributed by atoms with Crippen LogP contribution in [0.5, 0.6) is 0 Å². The molecule has 1 aliphatic carbocycles. The van der Waals surface area contributed by atoms with Crippen molar-refractivity contribution < 1.29 is 9.53 Å². The van der Waals surface area contributed by atoms with Gasteiger partial charge >= 0.3 is 6.09 Å². The number of carbonyl (C=O) groups excluding carboxylic acids is 1. The van der Waals surface area contributed by atoms with Gasteiger partial charge in [0.1, 0.15) is 5.60 Å². The van der Waals surface area contributed by atoms with Gasteiger partial charge in [-0.2, -0.15) is 0 Å². The van der Waals surface area contributed by atoms with Crippen molar-refractivity contribution in [3.05, 3.63) is 28.1 Å². The van der Waals surface area contributed by atoms with Crippen molar-refractivity contribution in [2.45, 2.75) is 65.6 Å². The summed E-state index contributed by atoms with van der Waals surface area (Å²) in [6.45, 7) is 9.07. The molecule has 0 radical (unpaired) electrons. The van der Waals surface area contributed by atoms with Gasteiger partial charge in [-0.3, -0.25) is 9.88 Å². The Morgan fingerprint density at radius 2 is 1.90 bits per heavy atom. The van der Waals surface area contributed by atoms with Crippen molar-refractivity contribution in [1.29, 1.82) is 0 Å². The van der Waals surface area contributed by atoms with Crippen LogP contribution in [0.1, 0.15) is 55.3 Å². The number of hydrogen-bond donors (Lipinski definition) is 0. The van der Waals surface area contributed by atoms with Gasteiger partial charge in [-0.1, -0.05) is 0 Å². The van der Waals surface area contributed by atoms with Gasteiger partial charge in [0, 0.05) is 5.69 Å². The lowest BCUT2D eigenvalue weighted by Gasteiger charge is -2.24. The number of pyridine rings is 1. The predicted octanol–water partition coefficient (Wildman–Crippen LogP) is 3.13. The molecule has 0 saturated heterocycles. The normalized spacial score (nSPS) is 17.1. The topological polar surface area (TPSA) is 42.4 Å². The number of amides is 1. The number of hydrogen-bond acceptors (Lipinski definition) is 3. The zero-order chi connectivity index (χ0) is 14.5. The van der Waals surface area contributed by atoms with Gasteiger partial charge in [0.25, 0.3) is 0 Å². The number of aryl methyl sites for hydroxylation is 1. The van der Waals surface area contributed by atoms with Crippen LogP contribution in [0, 0.1) is 6.92 Å². The molecular weight excluding hydrogens is 252 g/mol. The van der Waals surface area contributed by atoms with E-state index in [-0.39, 0.29) is 6.09 Å². The summed E-state index contributed by atoms with van der Waals surface area (Å²) >= 11 is 0. The van der Waals surface area contributed by atoms with Crippen molar-refractivity contribution >= 4 is 6.09 Å². The number of ether oxygens (including phenoxy) is 1. The van der Waals surface area contributed by atoms with Crippen LogP contribution in [0.25, 0.3) is 0 Å². The fourth-order valence-electron chi connectivity index (χ4n) is 3.11. The number of fused-ring (bicyclic) bond motifs is 2. The van der Waals surface area contributed by atoms with Gasteiger partial charge < -0.3 is 4.74 Å². The second-order valence-corrected chi connectivity index (χ2v) is 6.78. The van der Waals surface area contributed by atoms with Crippen molar-refractivity contribution in [2.75, 3.05) is 0 Å². The molecule has 0 N–H and O–H groups in total. The smallest absolute Gasteiger partial charge is 0.410 e. The molecule has 0 bridgehead atoms. The number of aromatic nitrogens is 1. The van der Waals surface area contributed by atoms with E-state index in [4.69, 9.17) is 9.72 Å². The number of carbonyl (C=O) groups is 1. The molecule has 2 heterocycles. The molecule has 0 aromatic carbocycles. The Morgan fingerprint density at radius 3 is 2.60 bits per heavy atom. The molecule has 20 heavy (non-hydrogen) atoms. The maximum atomic E-state index is 12.2. The Balaban J connectivity index is 1.83. The average Bonchev–Trinajstić information content (AvgIpc) is 2.92. The maximum Gasteiger partial charge on any atom is 0.410 e. The Morgan fingerprint density at radius 1 is 1.15 bits per heavy atom. The van der Waals surface area contributed by atoms with E-state index < -0.39 is 5.60 Å². The lowest BCUT2D eigenvalue weighted by atomic mass is 10.0. The minimum atomic E-state index is -0.448. The van der Waals surface area contributed by atoms with Crippen molar-refractivity contribution in [2.24, 2.45) is 0 Å². The Labute approximate surface area is 120 Å². The highest BCUT2D eigenvalue weighted by molar-refractivity contribution is 5.69. The molecule has 3 rings (SSSR count). The highest BCUT2D eigenvalue weighted by Gasteiger charge is 2.31. The lowest BCUT2D eigenvalue weighted by Crippen LogP contribution is -2.33. The Hall–Kier alpha value is -1.58. The van der Waals surface area contributed by atoms with Crippen LogP contribution >= 0.6 is 0 Å². The first-order valence-electron chi connectivity index (χ1n) is 7.33. The maximum absolute atomic E-state index is 12.2. The van der Waals surface area contributed by atoms with Crippen LogP contribution in [0.2, 0.25) is 0 Å². The summed E-state index contributed by atoms with van der Waals surface area (Å²) in [5, 5.41) is 0. The van der Waals surface area contributed by atoms with E-state index in [1.54, 1.807) is 4.90 Å². The summed E-state index contributed by atoms with van der Waals surface area (Å²) in [6.07, 6.45) is 3.18. The molecule has 0 fully saturated rings. The van der Waals surface area contributed by atoms with E-state index in [9.17, 15) is 4.79 Å². The van der Waals surface area contributed by atoms with Crippen molar-refractivity contribution in [3.8, 4) is 0 Å². The monoisotopic (exact) mass is 274 g/mol. The first-order valence-corrected chi connectivity index (χ1v) is 7.33. The van der Waals surface area contributed by atoms with E-state index in [0.29, 0.717) is 13.1 Å². The third-order valence-corrected chi connectivity index (χ3v) is 4.05. The average molecular weight is 274 g/mol. The summed E-state index contributed by atoms with van der Waals surface area (Å²) < 4.78 is 5.45. The van der Waals surface area contributed by atoms with Gasteiger partial charge in [-0.15, -0.1) is 0 Å². The molecule has 1 aliphatic heterocycles. The van der Waals surface area contributed by atoms with Gasteiger partial charge in [-0.05, 0) is 63.6 Å². The number of rotatable bonds is 0. The van der Waals surface area contributed by atoms with Crippen LogP contribution in [-0.4, -0.2) is 21.6 Å². The van der Waals surface area contributed by atoms with Crippen molar-refractivity contribution in [1.82, 2.24) is 9.88 Å². The lowest BCUT2D eigenvalue weighted by molar-refractivity contribution is 0.0240. The second kappa shape index (κ2) is 4.47. The summed E-state index contributed by atoms with van der Waals surface area (Å²) in [5.41, 5.74) is 5.84. The minimum Gasteiger partial charge on any atom is -0.444 e. The Kier molecular flexibility index (Phi) is 3.00. The van der Waals surface area contributed by atoms with Crippen LogP contribution in [0.4, 0.5) is 4.79 Å². The highest BCUT2D eigenvalue weighted by atomic mass is 16.6. The zero-order valence-electron chi connectivity index (χ0n) is 12.7. The first-order chi connectivity index (χ1) is 9.35. The first kappa shape index (κ1) is 13.4. The molecule has 0 spiro atoms. The van der Waals surface area contributed by atoms with Gasteiger partial charge in [0.2, 0.25) is 0 Å². The minimum absolute atomic E-state index is 0.241. The molecular formula is C16H22N2O2.